The van der Waals surface area contributed by atoms with Crippen LogP contribution in [0.15, 0.2) is 11.4 Å². The monoisotopic (exact) mass is 203 g/mol. The predicted octanol–water partition coefficient (Wildman–Crippen LogP) is 2.14. The molecule has 0 aliphatic carbocycles. The molecule has 1 aliphatic rings. The van der Waals surface area contributed by atoms with Gasteiger partial charge in [0.2, 0.25) is 0 Å². The SMILES string of the molecule is Clc1ccsc1OC1CCNC1. The highest BCUT2D eigenvalue weighted by molar-refractivity contribution is 7.12. The van der Waals surface area contributed by atoms with Gasteiger partial charge in [-0.1, -0.05) is 11.6 Å². The Morgan fingerprint density at radius 3 is 3.17 bits per heavy atom. The van der Waals surface area contributed by atoms with Gasteiger partial charge >= 0.3 is 0 Å². The highest BCUT2D eigenvalue weighted by Crippen LogP contribution is 2.31. The molecule has 0 radical (unpaired) electrons. The number of rotatable bonds is 2. The number of ether oxygens (including phenoxy) is 1. The van der Waals surface area contributed by atoms with E-state index < -0.39 is 0 Å². The zero-order valence-corrected chi connectivity index (χ0v) is 8.12. The molecule has 0 spiro atoms. The first-order valence-corrected chi connectivity index (χ1v) is 5.22. The van der Waals surface area contributed by atoms with Gasteiger partial charge in [-0.15, -0.1) is 11.3 Å². The van der Waals surface area contributed by atoms with Gasteiger partial charge in [-0.2, -0.15) is 0 Å². The van der Waals surface area contributed by atoms with Crippen LogP contribution in [0.25, 0.3) is 0 Å². The lowest BCUT2D eigenvalue weighted by Gasteiger charge is -2.09. The molecular weight excluding hydrogens is 194 g/mol. The van der Waals surface area contributed by atoms with E-state index in [9.17, 15) is 0 Å². The van der Waals surface area contributed by atoms with Gasteiger partial charge in [-0.3, -0.25) is 0 Å². The molecule has 0 aromatic carbocycles. The Morgan fingerprint density at radius 1 is 1.67 bits per heavy atom. The maximum atomic E-state index is 5.88. The summed E-state index contributed by atoms with van der Waals surface area (Å²) < 4.78 is 5.67. The van der Waals surface area contributed by atoms with E-state index in [-0.39, 0.29) is 0 Å². The van der Waals surface area contributed by atoms with Crippen molar-refractivity contribution in [1.82, 2.24) is 5.32 Å². The van der Waals surface area contributed by atoms with Crippen molar-refractivity contribution >= 4 is 22.9 Å². The number of hydrogen-bond donors (Lipinski definition) is 1. The summed E-state index contributed by atoms with van der Waals surface area (Å²) >= 11 is 7.44. The van der Waals surface area contributed by atoms with Gasteiger partial charge in [0.1, 0.15) is 6.10 Å². The van der Waals surface area contributed by atoms with E-state index in [0.29, 0.717) is 6.10 Å². The van der Waals surface area contributed by atoms with Crippen molar-refractivity contribution in [2.45, 2.75) is 12.5 Å². The van der Waals surface area contributed by atoms with Gasteiger partial charge in [0.05, 0.1) is 5.02 Å². The van der Waals surface area contributed by atoms with Crippen molar-refractivity contribution in [2.75, 3.05) is 13.1 Å². The zero-order chi connectivity index (χ0) is 8.39. The molecule has 66 valence electrons. The third-order valence-corrected chi connectivity index (χ3v) is 3.09. The van der Waals surface area contributed by atoms with Gasteiger partial charge in [-0.25, -0.2) is 0 Å². The molecule has 1 unspecified atom stereocenters. The van der Waals surface area contributed by atoms with Crippen LogP contribution in [-0.2, 0) is 0 Å². The Hall–Kier alpha value is -0.250. The van der Waals surface area contributed by atoms with E-state index in [0.717, 1.165) is 29.6 Å². The lowest BCUT2D eigenvalue weighted by atomic mass is 10.3. The second-order valence-electron chi connectivity index (χ2n) is 2.79. The topological polar surface area (TPSA) is 21.3 Å². The minimum absolute atomic E-state index is 0.307. The first kappa shape index (κ1) is 8.35. The Labute approximate surface area is 80.5 Å². The van der Waals surface area contributed by atoms with E-state index in [1.165, 1.54) is 0 Å². The van der Waals surface area contributed by atoms with Crippen LogP contribution >= 0.6 is 22.9 Å². The van der Waals surface area contributed by atoms with Crippen LogP contribution in [0.1, 0.15) is 6.42 Å². The molecule has 1 atom stereocenters. The quantitative estimate of drug-likeness (QED) is 0.796. The molecule has 1 saturated heterocycles. The molecule has 4 heteroatoms. The van der Waals surface area contributed by atoms with Crippen LogP contribution in [0.3, 0.4) is 0 Å². The normalized spacial score (nSPS) is 22.9. The molecule has 1 aromatic heterocycles. The molecule has 12 heavy (non-hydrogen) atoms. The van der Waals surface area contributed by atoms with Gasteiger partial charge in [0.15, 0.2) is 5.06 Å². The van der Waals surface area contributed by atoms with Crippen molar-refractivity contribution in [1.29, 1.82) is 0 Å². The summed E-state index contributed by atoms with van der Waals surface area (Å²) in [4.78, 5) is 0. The van der Waals surface area contributed by atoms with Crippen LogP contribution < -0.4 is 10.1 Å². The van der Waals surface area contributed by atoms with Crippen LogP contribution in [0, 0.1) is 0 Å². The third kappa shape index (κ3) is 1.73. The maximum absolute atomic E-state index is 5.88. The highest BCUT2D eigenvalue weighted by Gasteiger charge is 2.17. The molecule has 1 N–H and O–H groups in total. The Bertz CT molecular complexity index is 257. The molecule has 0 saturated carbocycles. The minimum Gasteiger partial charge on any atom is -0.478 e. The summed E-state index contributed by atoms with van der Waals surface area (Å²) in [5.41, 5.74) is 0. The maximum Gasteiger partial charge on any atom is 0.193 e. The zero-order valence-electron chi connectivity index (χ0n) is 6.55. The lowest BCUT2D eigenvalue weighted by Crippen LogP contribution is -2.19. The summed E-state index contributed by atoms with van der Waals surface area (Å²) in [7, 11) is 0. The molecule has 2 nitrogen and oxygen atoms in total. The molecule has 1 aromatic rings. The molecule has 2 rings (SSSR count). The molecule has 2 heterocycles. The average Bonchev–Trinajstić information content (AvgIpc) is 2.65. The first-order valence-electron chi connectivity index (χ1n) is 3.96. The fourth-order valence-corrected chi connectivity index (χ4v) is 2.26. The highest BCUT2D eigenvalue weighted by atomic mass is 35.5. The second kappa shape index (κ2) is 3.64. The first-order chi connectivity index (χ1) is 5.86. The van der Waals surface area contributed by atoms with Gasteiger partial charge in [-0.05, 0) is 24.4 Å². The Kier molecular flexibility index (Phi) is 2.54. The van der Waals surface area contributed by atoms with Crippen molar-refractivity contribution in [3.63, 3.8) is 0 Å². The number of hydrogen-bond acceptors (Lipinski definition) is 3. The fourth-order valence-electron chi connectivity index (χ4n) is 1.24. The van der Waals surface area contributed by atoms with Gasteiger partial charge < -0.3 is 10.1 Å². The van der Waals surface area contributed by atoms with Crippen molar-refractivity contribution in [3.8, 4) is 5.06 Å². The Balaban J connectivity index is 1.98. The van der Waals surface area contributed by atoms with E-state index >= 15 is 0 Å². The number of thiophene rings is 1. The van der Waals surface area contributed by atoms with Crippen LogP contribution in [0.2, 0.25) is 5.02 Å². The molecule has 1 aliphatic heterocycles. The van der Waals surface area contributed by atoms with Crippen molar-refractivity contribution in [3.05, 3.63) is 16.5 Å². The standard InChI is InChI=1S/C8H10ClNOS/c9-7-2-4-12-8(7)11-6-1-3-10-5-6/h2,4,6,10H,1,3,5H2. The minimum atomic E-state index is 0.307. The third-order valence-electron chi connectivity index (χ3n) is 1.87. The molecule has 1 fully saturated rings. The molecule has 0 bridgehead atoms. The largest absolute Gasteiger partial charge is 0.478 e. The van der Waals surface area contributed by atoms with E-state index in [1.807, 2.05) is 11.4 Å². The summed E-state index contributed by atoms with van der Waals surface area (Å²) in [5, 5.41) is 6.77. The number of nitrogens with one attached hydrogen (secondary N) is 1. The summed E-state index contributed by atoms with van der Waals surface area (Å²) in [5.74, 6) is 0. The van der Waals surface area contributed by atoms with E-state index in [4.69, 9.17) is 16.3 Å². The van der Waals surface area contributed by atoms with Crippen LogP contribution in [0.5, 0.6) is 5.06 Å². The smallest absolute Gasteiger partial charge is 0.193 e. The van der Waals surface area contributed by atoms with Crippen molar-refractivity contribution in [2.24, 2.45) is 0 Å². The molecular formula is C8H10ClNOS. The van der Waals surface area contributed by atoms with E-state index in [2.05, 4.69) is 5.32 Å². The fraction of sp³-hybridized carbons (Fsp3) is 0.500. The average molecular weight is 204 g/mol. The van der Waals surface area contributed by atoms with Crippen LogP contribution in [0.4, 0.5) is 0 Å². The molecule has 0 amide bonds. The second-order valence-corrected chi connectivity index (χ2v) is 4.07. The summed E-state index contributed by atoms with van der Waals surface area (Å²) in [6.07, 6.45) is 1.38. The lowest BCUT2D eigenvalue weighted by molar-refractivity contribution is 0.230. The summed E-state index contributed by atoms with van der Waals surface area (Å²) in [6, 6.07) is 1.87. The van der Waals surface area contributed by atoms with Gasteiger partial charge in [0.25, 0.3) is 0 Å². The predicted molar refractivity (Wildman–Crippen MR) is 51.2 cm³/mol. The van der Waals surface area contributed by atoms with E-state index in [1.54, 1.807) is 11.3 Å². The number of halogens is 1. The summed E-state index contributed by atoms with van der Waals surface area (Å²) in [6.45, 7) is 1.99. The Morgan fingerprint density at radius 2 is 2.58 bits per heavy atom. The van der Waals surface area contributed by atoms with Crippen LogP contribution in [-0.4, -0.2) is 19.2 Å². The van der Waals surface area contributed by atoms with Gasteiger partial charge in [0, 0.05) is 6.54 Å². The van der Waals surface area contributed by atoms with Crippen molar-refractivity contribution < 1.29 is 4.74 Å².